The Hall–Kier alpha value is -4.80. The number of aryl methyl sites for hydroxylation is 1. The molecule has 0 aliphatic carbocycles. The molecule has 0 bridgehead atoms. The molecule has 5 nitrogen and oxygen atoms in total. The van der Waals surface area contributed by atoms with E-state index in [1.54, 1.807) is 0 Å². The highest BCUT2D eigenvalue weighted by Gasteiger charge is 2.32. The number of benzene rings is 4. The maximum absolute atomic E-state index is 13.8. The van der Waals surface area contributed by atoms with E-state index < -0.39 is 35.4 Å². The third-order valence-corrected chi connectivity index (χ3v) is 8.90. The SMILES string of the molecule is O=C(O)CCCCCCOc1c(-c2cccc(C(F)(F)F)c2)cc(C(=O)NCCCCCCCCc2ccccc2)cc1-c1cccc(C(F)(F)F)c1. The molecule has 4 aromatic rings. The van der Waals surface area contributed by atoms with E-state index in [4.69, 9.17) is 9.84 Å². The van der Waals surface area contributed by atoms with Crippen molar-refractivity contribution in [3.05, 3.63) is 113 Å². The van der Waals surface area contributed by atoms with Crippen LogP contribution in [0.5, 0.6) is 5.75 Å². The molecule has 4 rings (SSSR count). The smallest absolute Gasteiger partial charge is 0.416 e. The zero-order valence-electron chi connectivity index (χ0n) is 29.5. The molecule has 0 fully saturated rings. The number of ether oxygens (including phenoxy) is 1. The molecular formula is C42H45F6NO4. The lowest BCUT2D eigenvalue weighted by Crippen LogP contribution is -2.24. The van der Waals surface area contributed by atoms with Crippen LogP contribution < -0.4 is 10.1 Å². The Kier molecular flexibility index (Phi) is 15.4. The first-order valence-corrected chi connectivity index (χ1v) is 18.0. The molecule has 4 aromatic carbocycles. The number of alkyl halides is 6. The second kappa shape index (κ2) is 19.9. The summed E-state index contributed by atoms with van der Waals surface area (Å²) in [4.78, 5) is 24.4. The van der Waals surface area contributed by atoms with Crippen molar-refractivity contribution in [3.8, 4) is 28.0 Å². The van der Waals surface area contributed by atoms with Crippen molar-refractivity contribution in [1.82, 2.24) is 5.32 Å². The molecule has 1 amide bonds. The lowest BCUT2D eigenvalue weighted by molar-refractivity contribution is -0.138. The summed E-state index contributed by atoms with van der Waals surface area (Å²) in [5.41, 5.74) is -0.100. The first-order valence-electron chi connectivity index (χ1n) is 18.0. The number of carbonyl (C=O) groups excluding carboxylic acids is 1. The monoisotopic (exact) mass is 741 g/mol. The first kappa shape index (κ1) is 41.0. The number of carboxylic acids is 1. The fourth-order valence-electron chi connectivity index (χ4n) is 6.09. The number of hydrogen-bond acceptors (Lipinski definition) is 3. The summed E-state index contributed by atoms with van der Waals surface area (Å²) in [5, 5.41) is 11.8. The summed E-state index contributed by atoms with van der Waals surface area (Å²) in [6, 6.07) is 22.1. The topological polar surface area (TPSA) is 75.6 Å². The summed E-state index contributed by atoms with van der Waals surface area (Å²) >= 11 is 0. The number of nitrogens with one attached hydrogen (secondary N) is 1. The van der Waals surface area contributed by atoms with Crippen LogP contribution in [0.2, 0.25) is 0 Å². The number of carbonyl (C=O) groups is 2. The molecule has 0 atom stereocenters. The molecule has 0 spiro atoms. The number of amides is 1. The first-order chi connectivity index (χ1) is 25.3. The third-order valence-electron chi connectivity index (χ3n) is 8.90. The highest BCUT2D eigenvalue weighted by atomic mass is 19.4. The Labute approximate surface area is 306 Å². The fraction of sp³-hybridized carbons (Fsp3) is 0.381. The van der Waals surface area contributed by atoms with Crippen molar-refractivity contribution >= 4 is 11.9 Å². The number of unbranched alkanes of at least 4 members (excludes halogenated alkanes) is 8. The van der Waals surface area contributed by atoms with E-state index >= 15 is 0 Å². The van der Waals surface area contributed by atoms with Gasteiger partial charge in [-0.05, 0) is 85.2 Å². The van der Waals surface area contributed by atoms with Crippen LogP contribution in [0.3, 0.4) is 0 Å². The predicted molar refractivity (Wildman–Crippen MR) is 194 cm³/mol. The van der Waals surface area contributed by atoms with E-state index in [-0.39, 0.29) is 46.6 Å². The second-order valence-corrected chi connectivity index (χ2v) is 13.1. The lowest BCUT2D eigenvalue weighted by Gasteiger charge is -2.20. The molecule has 0 aliphatic rings. The maximum Gasteiger partial charge on any atom is 0.416 e. The quantitative estimate of drug-likeness (QED) is 0.0698. The van der Waals surface area contributed by atoms with Crippen LogP contribution in [0.25, 0.3) is 22.3 Å². The summed E-state index contributed by atoms with van der Waals surface area (Å²) in [6.45, 7) is 0.406. The van der Waals surface area contributed by atoms with E-state index in [0.29, 0.717) is 38.6 Å². The van der Waals surface area contributed by atoms with Crippen molar-refractivity contribution in [2.45, 2.75) is 89.4 Å². The van der Waals surface area contributed by atoms with Crippen molar-refractivity contribution in [2.75, 3.05) is 13.2 Å². The normalized spacial score (nSPS) is 11.7. The average molecular weight is 742 g/mol. The molecule has 284 valence electrons. The van der Waals surface area contributed by atoms with Gasteiger partial charge in [-0.3, -0.25) is 9.59 Å². The summed E-state index contributed by atoms with van der Waals surface area (Å²) in [7, 11) is 0. The van der Waals surface area contributed by atoms with Gasteiger partial charge in [0.05, 0.1) is 17.7 Å². The summed E-state index contributed by atoms with van der Waals surface area (Å²) in [6.07, 6.45) is -0.353. The largest absolute Gasteiger partial charge is 0.492 e. The van der Waals surface area contributed by atoms with Gasteiger partial charge in [0.2, 0.25) is 0 Å². The van der Waals surface area contributed by atoms with Gasteiger partial charge in [-0.15, -0.1) is 0 Å². The molecule has 0 saturated carbocycles. The van der Waals surface area contributed by atoms with Gasteiger partial charge in [0.15, 0.2) is 0 Å². The van der Waals surface area contributed by atoms with Crippen LogP contribution in [-0.2, 0) is 23.6 Å². The standard InChI is InChI=1S/C42H45F6NO4/c43-41(44,45)34-21-14-19-31(26-34)36-28-33(40(52)49-24-12-5-2-1-3-8-16-30-17-9-7-10-18-30)29-37(32-20-15-22-35(27-32)42(46,47)48)39(36)53-25-13-6-4-11-23-38(50)51/h7,9-10,14-15,17-22,26-29H,1-6,8,11-13,16,23-25H2,(H,49,52)(H,50,51). The van der Waals surface area contributed by atoms with Crippen LogP contribution in [0.4, 0.5) is 26.3 Å². The highest BCUT2D eigenvalue weighted by molar-refractivity contribution is 5.99. The van der Waals surface area contributed by atoms with E-state index in [1.807, 2.05) is 18.2 Å². The van der Waals surface area contributed by atoms with Crippen molar-refractivity contribution < 1.29 is 45.8 Å². The minimum atomic E-state index is -4.67. The number of halogens is 6. The molecule has 0 unspecified atom stereocenters. The van der Waals surface area contributed by atoms with Crippen LogP contribution in [-0.4, -0.2) is 30.1 Å². The van der Waals surface area contributed by atoms with Crippen molar-refractivity contribution in [3.63, 3.8) is 0 Å². The fourth-order valence-corrected chi connectivity index (χ4v) is 6.09. The highest BCUT2D eigenvalue weighted by Crippen LogP contribution is 2.43. The molecule has 0 radical (unpaired) electrons. The van der Waals surface area contributed by atoms with Crippen molar-refractivity contribution in [1.29, 1.82) is 0 Å². The van der Waals surface area contributed by atoms with Gasteiger partial charge >= 0.3 is 18.3 Å². The Bertz CT molecular complexity index is 1690. The molecule has 11 heteroatoms. The van der Waals surface area contributed by atoms with E-state index in [2.05, 4.69) is 17.4 Å². The van der Waals surface area contributed by atoms with E-state index in [9.17, 15) is 35.9 Å². The molecule has 2 N–H and O–H groups in total. The predicted octanol–water partition coefficient (Wildman–Crippen LogP) is 11.8. The minimum absolute atomic E-state index is 0.0129. The van der Waals surface area contributed by atoms with Gasteiger partial charge in [-0.1, -0.05) is 93.1 Å². The van der Waals surface area contributed by atoms with Gasteiger partial charge in [0, 0.05) is 29.7 Å². The second-order valence-electron chi connectivity index (χ2n) is 13.1. The van der Waals surface area contributed by atoms with Crippen LogP contribution >= 0.6 is 0 Å². The van der Waals surface area contributed by atoms with Gasteiger partial charge in [0.25, 0.3) is 5.91 Å². The zero-order chi connectivity index (χ0) is 38.3. The molecule has 0 aliphatic heterocycles. The Balaban J connectivity index is 1.56. The Morgan fingerprint density at radius 2 is 1.13 bits per heavy atom. The molecule has 0 aromatic heterocycles. The van der Waals surface area contributed by atoms with E-state index in [1.165, 1.54) is 42.0 Å². The van der Waals surface area contributed by atoms with Gasteiger partial charge in [-0.2, -0.15) is 26.3 Å². The number of rotatable bonds is 20. The number of hydrogen-bond donors (Lipinski definition) is 2. The molecule has 0 heterocycles. The van der Waals surface area contributed by atoms with Gasteiger partial charge in [-0.25, -0.2) is 0 Å². The maximum atomic E-state index is 13.8. The Morgan fingerprint density at radius 3 is 1.70 bits per heavy atom. The van der Waals surface area contributed by atoms with Crippen molar-refractivity contribution in [2.24, 2.45) is 0 Å². The van der Waals surface area contributed by atoms with Crippen LogP contribution in [0.15, 0.2) is 91.0 Å². The summed E-state index contributed by atoms with van der Waals surface area (Å²) < 4.78 is 89.0. The van der Waals surface area contributed by atoms with Crippen LogP contribution in [0.1, 0.15) is 97.7 Å². The summed E-state index contributed by atoms with van der Waals surface area (Å²) in [5.74, 6) is -1.38. The van der Waals surface area contributed by atoms with Gasteiger partial charge < -0.3 is 15.2 Å². The number of aliphatic carboxylic acids is 1. The molecular weight excluding hydrogens is 696 g/mol. The average Bonchev–Trinajstić information content (AvgIpc) is 3.13. The zero-order valence-corrected chi connectivity index (χ0v) is 29.5. The van der Waals surface area contributed by atoms with Crippen LogP contribution in [0, 0.1) is 0 Å². The minimum Gasteiger partial charge on any atom is -0.492 e. The van der Waals surface area contributed by atoms with E-state index in [0.717, 1.165) is 62.8 Å². The van der Waals surface area contributed by atoms with Gasteiger partial charge in [0.1, 0.15) is 5.75 Å². The third kappa shape index (κ3) is 13.3. The lowest BCUT2D eigenvalue weighted by atomic mass is 9.92. The number of carboxylic acid groups (broad SMARTS) is 1. The Morgan fingerprint density at radius 1 is 0.604 bits per heavy atom. The molecule has 0 saturated heterocycles. The molecule has 53 heavy (non-hydrogen) atoms.